The van der Waals surface area contributed by atoms with E-state index in [1.807, 2.05) is 30.3 Å². The second-order valence-electron chi connectivity index (χ2n) is 10.9. The highest BCUT2D eigenvalue weighted by molar-refractivity contribution is 6.30. The zero-order chi connectivity index (χ0) is 28.2. The number of azo groups is 1. The lowest BCUT2D eigenvalue weighted by Gasteiger charge is -2.28. The van der Waals surface area contributed by atoms with Crippen molar-refractivity contribution in [3.05, 3.63) is 64.7 Å². The number of nitriles is 1. The first-order valence-electron chi connectivity index (χ1n) is 15.2. The van der Waals surface area contributed by atoms with Crippen molar-refractivity contribution in [3.8, 4) is 11.8 Å². The Morgan fingerprint density at radius 3 is 2.12 bits per heavy atom. The largest absolute Gasteiger partial charge is 0.497 e. The molecule has 0 fully saturated rings. The van der Waals surface area contributed by atoms with Gasteiger partial charge >= 0.3 is 0 Å². The third-order valence-corrected chi connectivity index (χ3v) is 8.10. The lowest BCUT2D eigenvalue weighted by molar-refractivity contribution is 0.392. The molecule has 0 spiro atoms. The van der Waals surface area contributed by atoms with Crippen LogP contribution in [0.5, 0.6) is 5.75 Å². The number of halogens is 2. The van der Waals surface area contributed by atoms with Crippen molar-refractivity contribution in [2.75, 3.05) is 14.2 Å². The lowest BCUT2D eigenvalue weighted by atomic mass is 9.73. The van der Waals surface area contributed by atoms with Crippen molar-refractivity contribution in [2.45, 2.75) is 121 Å². The Kier molecular flexibility index (Phi) is 22.2. The van der Waals surface area contributed by atoms with Crippen molar-refractivity contribution in [2.24, 2.45) is 10.2 Å². The van der Waals surface area contributed by atoms with Crippen molar-refractivity contribution in [1.29, 1.82) is 5.26 Å². The number of unbranched alkanes of at least 4 members (excludes halogenated alkanes) is 9. The molecule has 2 N–H and O–H groups in total. The summed E-state index contributed by atoms with van der Waals surface area (Å²) < 4.78 is 5.51. The molecule has 5 nitrogen and oxygen atoms in total. The van der Waals surface area contributed by atoms with Gasteiger partial charge in [-0.3, -0.25) is 0 Å². The molecule has 0 aromatic heterocycles. The second kappa shape index (κ2) is 23.4. The molecule has 0 aliphatic heterocycles. The number of methoxy groups -OCH3 is 1. The number of ether oxygens (including phenoxy) is 1. The van der Waals surface area contributed by atoms with E-state index < -0.39 is 5.41 Å². The molecule has 2 aromatic rings. The van der Waals surface area contributed by atoms with E-state index in [1.165, 1.54) is 63.4 Å². The standard InChI is InChI=1S/C34H50ClN3O.ClH.H2O/c1-4-5-6-7-8-9-10-11-12-13-24-34(28-36,30-18-15-21-33(27-30)39-3)25-16-20-32(38-37-2)23-22-29-17-14-19-31(35)26-29;;/h14-15,17-19,21,26-27,32H,4-13,16,20,22-25H2,1-3H3;1H;1H2/b38-37+;;. The van der Waals surface area contributed by atoms with Gasteiger partial charge in [0.25, 0.3) is 0 Å². The van der Waals surface area contributed by atoms with Crippen LogP contribution in [-0.2, 0) is 11.8 Å². The van der Waals surface area contributed by atoms with Gasteiger partial charge in [0.2, 0.25) is 0 Å². The van der Waals surface area contributed by atoms with Gasteiger partial charge in [0.1, 0.15) is 5.75 Å². The van der Waals surface area contributed by atoms with E-state index in [9.17, 15) is 5.26 Å². The van der Waals surface area contributed by atoms with Crippen LogP contribution in [0, 0.1) is 11.3 Å². The number of hydrogen-bond acceptors (Lipinski definition) is 4. The summed E-state index contributed by atoms with van der Waals surface area (Å²) in [6.45, 7) is 2.27. The molecule has 0 aliphatic carbocycles. The van der Waals surface area contributed by atoms with Gasteiger partial charge in [0.15, 0.2) is 0 Å². The molecule has 7 heteroatoms. The van der Waals surface area contributed by atoms with Crippen LogP contribution in [0.15, 0.2) is 58.8 Å². The first kappa shape index (κ1) is 38.9. The minimum absolute atomic E-state index is 0. The molecule has 2 unspecified atom stereocenters. The monoisotopic (exact) mass is 605 g/mol. The number of benzene rings is 2. The predicted octanol–water partition coefficient (Wildman–Crippen LogP) is 10.3. The first-order valence-corrected chi connectivity index (χ1v) is 15.5. The SMILES string of the molecule is CCCCCCCCCCCCC(C#N)(CCCC(CCc1cccc(Cl)c1)/N=N/C)c1cccc(OC)c1.Cl.O. The van der Waals surface area contributed by atoms with Gasteiger partial charge < -0.3 is 10.2 Å². The van der Waals surface area contributed by atoms with Crippen molar-refractivity contribution in [1.82, 2.24) is 0 Å². The third-order valence-electron chi connectivity index (χ3n) is 7.87. The quantitative estimate of drug-likeness (QED) is 0.105. The van der Waals surface area contributed by atoms with Crippen LogP contribution in [0.1, 0.15) is 114 Å². The molecule has 0 saturated heterocycles. The molecule has 2 aromatic carbocycles. The minimum atomic E-state index is -0.504. The van der Waals surface area contributed by atoms with Crippen LogP contribution < -0.4 is 4.74 Å². The Bertz CT molecular complexity index is 1010. The topological polar surface area (TPSA) is 89.2 Å². The Hall–Kier alpha value is -2.13. The predicted molar refractivity (Wildman–Crippen MR) is 176 cm³/mol. The average Bonchev–Trinajstić information content (AvgIpc) is 2.96. The van der Waals surface area contributed by atoms with Crippen LogP contribution >= 0.6 is 24.0 Å². The zero-order valence-corrected chi connectivity index (χ0v) is 27.1. The molecular formula is C34H53Cl2N3O2. The van der Waals surface area contributed by atoms with Crippen molar-refractivity contribution in [3.63, 3.8) is 0 Å². The molecule has 230 valence electrons. The Balaban J connectivity index is 0.00000800. The Labute approximate surface area is 260 Å². The molecule has 2 rings (SSSR count). The van der Waals surface area contributed by atoms with Gasteiger partial charge in [0, 0.05) is 12.1 Å². The van der Waals surface area contributed by atoms with E-state index in [0.717, 1.165) is 61.3 Å². The van der Waals surface area contributed by atoms with Gasteiger partial charge in [-0.1, -0.05) is 107 Å². The molecule has 0 bridgehead atoms. The van der Waals surface area contributed by atoms with Crippen LogP contribution in [0.25, 0.3) is 0 Å². The summed E-state index contributed by atoms with van der Waals surface area (Å²) in [5, 5.41) is 19.9. The highest BCUT2D eigenvalue weighted by Gasteiger charge is 2.32. The third kappa shape index (κ3) is 15.1. The second-order valence-corrected chi connectivity index (χ2v) is 11.3. The van der Waals surface area contributed by atoms with E-state index in [2.05, 4.69) is 41.4 Å². The minimum Gasteiger partial charge on any atom is -0.497 e. The van der Waals surface area contributed by atoms with Crippen molar-refractivity contribution >= 4 is 24.0 Å². The lowest BCUT2D eigenvalue weighted by Crippen LogP contribution is -2.25. The Morgan fingerprint density at radius 1 is 0.878 bits per heavy atom. The number of nitrogens with zero attached hydrogens (tertiary/aromatic N) is 3. The van der Waals surface area contributed by atoms with Gasteiger partial charge in [-0.2, -0.15) is 15.5 Å². The van der Waals surface area contributed by atoms with Crippen LogP contribution in [-0.4, -0.2) is 25.7 Å². The highest BCUT2D eigenvalue weighted by atomic mass is 35.5. The maximum atomic E-state index is 10.5. The molecule has 0 heterocycles. The van der Waals surface area contributed by atoms with Gasteiger partial charge in [-0.05, 0) is 73.9 Å². The molecule has 0 amide bonds. The van der Waals surface area contributed by atoms with Crippen LogP contribution in [0.3, 0.4) is 0 Å². The van der Waals surface area contributed by atoms with E-state index in [1.54, 1.807) is 14.2 Å². The fraction of sp³-hybridized carbons (Fsp3) is 0.618. The maximum Gasteiger partial charge on any atom is 0.119 e. The first-order chi connectivity index (χ1) is 19.1. The summed E-state index contributed by atoms with van der Waals surface area (Å²) in [5.41, 5.74) is 1.80. The molecule has 0 saturated carbocycles. The average molecular weight is 607 g/mol. The van der Waals surface area contributed by atoms with E-state index in [4.69, 9.17) is 16.3 Å². The summed E-state index contributed by atoms with van der Waals surface area (Å²) in [6.07, 6.45) is 18.4. The zero-order valence-electron chi connectivity index (χ0n) is 25.5. The van der Waals surface area contributed by atoms with Crippen LogP contribution in [0.4, 0.5) is 0 Å². The summed E-state index contributed by atoms with van der Waals surface area (Å²) in [6, 6.07) is 19.1. The number of rotatable bonds is 21. The molecule has 0 aliphatic rings. The number of aryl methyl sites for hydroxylation is 1. The van der Waals surface area contributed by atoms with E-state index in [-0.39, 0.29) is 23.9 Å². The van der Waals surface area contributed by atoms with Crippen molar-refractivity contribution < 1.29 is 10.2 Å². The van der Waals surface area contributed by atoms with Crippen LogP contribution in [0.2, 0.25) is 5.02 Å². The highest BCUT2D eigenvalue weighted by Crippen LogP contribution is 2.37. The molecular weight excluding hydrogens is 553 g/mol. The van der Waals surface area contributed by atoms with Gasteiger partial charge in [-0.15, -0.1) is 12.4 Å². The molecule has 0 radical (unpaired) electrons. The Morgan fingerprint density at radius 2 is 1.51 bits per heavy atom. The fourth-order valence-electron chi connectivity index (χ4n) is 5.51. The van der Waals surface area contributed by atoms with Gasteiger partial charge in [-0.25, -0.2) is 0 Å². The van der Waals surface area contributed by atoms with E-state index in [0.29, 0.717) is 0 Å². The summed E-state index contributed by atoms with van der Waals surface area (Å²) >= 11 is 6.17. The smallest absolute Gasteiger partial charge is 0.119 e. The number of hydrogen-bond donors (Lipinski definition) is 0. The summed E-state index contributed by atoms with van der Waals surface area (Å²) in [4.78, 5) is 0. The van der Waals surface area contributed by atoms with E-state index >= 15 is 0 Å². The normalized spacial score (nSPS) is 13.0. The maximum absolute atomic E-state index is 10.5. The summed E-state index contributed by atoms with van der Waals surface area (Å²) in [7, 11) is 3.43. The van der Waals surface area contributed by atoms with Gasteiger partial charge in [0.05, 0.1) is 24.6 Å². The fourth-order valence-corrected chi connectivity index (χ4v) is 5.73. The molecule has 2 atom stereocenters. The summed E-state index contributed by atoms with van der Waals surface area (Å²) in [5.74, 6) is 0.814. The molecule has 41 heavy (non-hydrogen) atoms.